The summed E-state index contributed by atoms with van der Waals surface area (Å²) in [5, 5.41) is 3.04. The lowest BCUT2D eigenvalue weighted by atomic mass is 9.79. The second kappa shape index (κ2) is 6.97. The minimum atomic E-state index is -0.289. The molecule has 0 atom stereocenters. The van der Waals surface area contributed by atoms with Crippen LogP contribution in [0.4, 0.5) is 0 Å². The highest BCUT2D eigenvalue weighted by Crippen LogP contribution is 2.34. The van der Waals surface area contributed by atoms with Gasteiger partial charge in [-0.2, -0.15) is 0 Å². The van der Waals surface area contributed by atoms with Gasteiger partial charge in [0, 0.05) is 19.6 Å². The summed E-state index contributed by atoms with van der Waals surface area (Å²) >= 11 is 0. The van der Waals surface area contributed by atoms with Gasteiger partial charge in [-0.05, 0) is 26.9 Å². The average molecular weight is 241 g/mol. The average Bonchev–Trinajstić information content (AvgIpc) is 2.54. The molecule has 1 fully saturated rings. The van der Waals surface area contributed by atoms with Gasteiger partial charge in [0.1, 0.15) is 0 Å². The van der Waals surface area contributed by atoms with Crippen LogP contribution in [0, 0.1) is 5.41 Å². The molecule has 0 spiro atoms. The summed E-state index contributed by atoms with van der Waals surface area (Å²) in [7, 11) is 4.02. The minimum absolute atomic E-state index is 0.170. The van der Waals surface area contributed by atoms with E-state index in [9.17, 15) is 4.79 Å². The van der Waals surface area contributed by atoms with Crippen LogP contribution in [0.15, 0.2) is 0 Å². The molecule has 0 radical (unpaired) electrons. The number of likely N-dealkylation sites (N-methyl/N-ethyl adjacent to an activating group) is 1. The normalized spacial score (nSPS) is 20.0. The Morgan fingerprint density at radius 2 is 1.82 bits per heavy atom. The molecule has 0 bridgehead atoms. The van der Waals surface area contributed by atoms with Crippen LogP contribution in [0.5, 0.6) is 0 Å². The zero-order valence-corrected chi connectivity index (χ0v) is 11.3. The number of carbonyl (C=O) groups is 1. The predicted molar refractivity (Wildman–Crippen MR) is 70.8 cm³/mol. The molecule has 0 saturated heterocycles. The summed E-state index contributed by atoms with van der Waals surface area (Å²) < 4.78 is 0. The lowest BCUT2D eigenvalue weighted by Gasteiger charge is -2.30. The van der Waals surface area contributed by atoms with Gasteiger partial charge < -0.3 is 16.0 Å². The zero-order chi connectivity index (χ0) is 12.7. The number of hydrogen-bond donors (Lipinski definition) is 2. The molecule has 17 heavy (non-hydrogen) atoms. The Morgan fingerprint density at radius 3 is 2.29 bits per heavy atom. The molecule has 0 aliphatic heterocycles. The molecule has 0 aromatic heterocycles. The fraction of sp³-hybridized carbons (Fsp3) is 0.923. The Morgan fingerprint density at radius 1 is 1.24 bits per heavy atom. The van der Waals surface area contributed by atoms with Crippen LogP contribution in [0.2, 0.25) is 0 Å². The van der Waals surface area contributed by atoms with Crippen LogP contribution in [0.3, 0.4) is 0 Å². The van der Waals surface area contributed by atoms with Gasteiger partial charge in [0.15, 0.2) is 0 Å². The maximum Gasteiger partial charge on any atom is 0.227 e. The third-order valence-electron chi connectivity index (χ3n) is 3.78. The Kier molecular flexibility index (Phi) is 5.92. The van der Waals surface area contributed by atoms with Crippen LogP contribution in [0.1, 0.15) is 38.5 Å². The molecule has 0 heterocycles. The van der Waals surface area contributed by atoms with E-state index >= 15 is 0 Å². The number of nitrogens with one attached hydrogen (secondary N) is 1. The molecular formula is C13H27N3O. The maximum absolute atomic E-state index is 12.3. The van der Waals surface area contributed by atoms with Crippen molar-refractivity contribution < 1.29 is 4.79 Å². The highest BCUT2D eigenvalue weighted by molar-refractivity contribution is 5.82. The maximum atomic E-state index is 12.3. The van der Waals surface area contributed by atoms with Crippen molar-refractivity contribution in [2.45, 2.75) is 38.5 Å². The van der Waals surface area contributed by atoms with Crippen molar-refractivity contribution in [3.8, 4) is 0 Å². The van der Waals surface area contributed by atoms with Gasteiger partial charge in [-0.3, -0.25) is 4.79 Å². The summed E-state index contributed by atoms with van der Waals surface area (Å²) in [4.78, 5) is 14.3. The standard InChI is InChI=1S/C13H27N3O/c1-16(2)10-9-15-12(17)13(11-14)7-5-3-4-6-8-13/h3-11,14H2,1-2H3,(H,15,17). The molecule has 3 N–H and O–H groups in total. The second-order valence-electron chi connectivity index (χ2n) is 5.46. The third-order valence-corrected chi connectivity index (χ3v) is 3.78. The van der Waals surface area contributed by atoms with Crippen molar-refractivity contribution in [3.05, 3.63) is 0 Å². The topological polar surface area (TPSA) is 58.4 Å². The van der Waals surface area contributed by atoms with E-state index in [-0.39, 0.29) is 11.3 Å². The lowest BCUT2D eigenvalue weighted by molar-refractivity contribution is -0.131. The van der Waals surface area contributed by atoms with Crippen LogP contribution < -0.4 is 11.1 Å². The van der Waals surface area contributed by atoms with Crippen molar-refractivity contribution >= 4 is 5.91 Å². The third kappa shape index (κ3) is 4.28. The molecule has 4 nitrogen and oxygen atoms in total. The largest absolute Gasteiger partial charge is 0.354 e. The van der Waals surface area contributed by atoms with E-state index in [0.29, 0.717) is 13.1 Å². The Balaban J connectivity index is 2.49. The fourth-order valence-electron chi connectivity index (χ4n) is 2.51. The van der Waals surface area contributed by atoms with E-state index < -0.39 is 0 Å². The van der Waals surface area contributed by atoms with Crippen molar-refractivity contribution in [2.24, 2.45) is 11.1 Å². The molecule has 0 aromatic rings. The van der Waals surface area contributed by atoms with Crippen LogP contribution in [-0.4, -0.2) is 44.5 Å². The number of nitrogens with two attached hydrogens (primary N) is 1. The van der Waals surface area contributed by atoms with E-state index in [1.54, 1.807) is 0 Å². The summed E-state index contributed by atoms with van der Waals surface area (Å²) in [6, 6.07) is 0. The molecule has 1 rings (SSSR count). The number of rotatable bonds is 5. The first kappa shape index (κ1) is 14.5. The number of nitrogens with zero attached hydrogens (tertiary/aromatic N) is 1. The van der Waals surface area contributed by atoms with Crippen LogP contribution in [0.25, 0.3) is 0 Å². The summed E-state index contributed by atoms with van der Waals surface area (Å²) in [6.07, 6.45) is 6.67. The molecule has 0 aromatic carbocycles. The van der Waals surface area contributed by atoms with Crippen LogP contribution in [-0.2, 0) is 4.79 Å². The predicted octanol–water partition coefficient (Wildman–Crippen LogP) is 0.964. The first-order chi connectivity index (χ1) is 8.10. The highest BCUT2D eigenvalue weighted by Gasteiger charge is 2.36. The molecule has 4 heteroatoms. The zero-order valence-electron chi connectivity index (χ0n) is 11.3. The van der Waals surface area contributed by atoms with Crippen molar-refractivity contribution in [1.82, 2.24) is 10.2 Å². The highest BCUT2D eigenvalue weighted by atomic mass is 16.2. The second-order valence-corrected chi connectivity index (χ2v) is 5.46. The number of carbonyl (C=O) groups excluding carboxylic acids is 1. The summed E-state index contributed by atoms with van der Waals surface area (Å²) in [6.45, 7) is 2.08. The monoisotopic (exact) mass is 241 g/mol. The van der Waals surface area contributed by atoms with Crippen molar-refractivity contribution in [1.29, 1.82) is 0 Å². The molecule has 1 aliphatic carbocycles. The fourth-order valence-corrected chi connectivity index (χ4v) is 2.51. The lowest BCUT2D eigenvalue weighted by Crippen LogP contribution is -2.47. The van der Waals surface area contributed by atoms with Gasteiger partial charge in [-0.25, -0.2) is 0 Å². The first-order valence-electron chi connectivity index (χ1n) is 6.74. The molecule has 1 amide bonds. The quantitative estimate of drug-likeness (QED) is 0.705. The van der Waals surface area contributed by atoms with Crippen molar-refractivity contribution in [3.63, 3.8) is 0 Å². The van der Waals surface area contributed by atoms with E-state index in [1.807, 2.05) is 14.1 Å². The minimum Gasteiger partial charge on any atom is -0.354 e. The first-order valence-corrected chi connectivity index (χ1v) is 6.74. The van der Waals surface area contributed by atoms with Gasteiger partial charge >= 0.3 is 0 Å². The molecule has 100 valence electrons. The van der Waals surface area contributed by atoms with Gasteiger partial charge in [0.05, 0.1) is 5.41 Å². The Bertz CT molecular complexity index is 233. The molecule has 0 unspecified atom stereocenters. The van der Waals surface area contributed by atoms with Gasteiger partial charge in [-0.15, -0.1) is 0 Å². The summed E-state index contributed by atoms with van der Waals surface area (Å²) in [5.74, 6) is 0.170. The van der Waals surface area contributed by atoms with Crippen molar-refractivity contribution in [2.75, 3.05) is 33.7 Å². The van der Waals surface area contributed by atoms with E-state index in [0.717, 1.165) is 32.2 Å². The van der Waals surface area contributed by atoms with Gasteiger partial charge in [-0.1, -0.05) is 25.7 Å². The smallest absolute Gasteiger partial charge is 0.227 e. The molecular weight excluding hydrogens is 214 g/mol. The molecule has 1 saturated carbocycles. The Labute approximate surface area is 105 Å². The van der Waals surface area contributed by atoms with Gasteiger partial charge in [0.25, 0.3) is 0 Å². The van der Waals surface area contributed by atoms with E-state index in [4.69, 9.17) is 5.73 Å². The van der Waals surface area contributed by atoms with E-state index in [1.165, 1.54) is 12.8 Å². The number of hydrogen-bond acceptors (Lipinski definition) is 3. The molecule has 1 aliphatic rings. The Hall–Kier alpha value is -0.610. The van der Waals surface area contributed by atoms with Gasteiger partial charge in [0.2, 0.25) is 5.91 Å². The number of amides is 1. The van der Waals surface area contributed by atoms with Crippen LogP contribution >= 0.6 is 0 Å². The SMILES string of the molecule is CN(C)CCNC(=O)C1(CN)CCCCCC1. The summed E-state index contributed by atoms with van der Waals surface area (Å²) in [5.41, 5.74) is 5.58. The van der Waals surface area contributed by atoms with E-state index in [2.05, 4.69) is 10.2 Å².